The number of fused-ring (bicyclic) bond motifs is 1. The molecule has 0 unspecified atom stereocenters. The molecule has 28 heavy (non-hydrogen) atoms. The summed E-state index contributed by atoms with van der Waals surface area (Å²) in [6.07, 6.45) is 4.90. The number of anilines is 1. The topological polar surface area (TPSA) is 56.8 Å². The van der Waals surface area contributed by atoms with E-state index in [9.17, 15) is 9.18 Å². The molecule has 1 heterocycles. The van der Waals surface area contributed by atoms with Gasteiger partial charge in [-0.05, 0) is 42.0 Å². The minimum absolute atomic E-state index is 0.247. The molecule has 0 atom stereocenters. The van der Waals surface area contributed by atoms with Gasteiger partial charge in [-0.25, -0.2) is 4.39 Å². The Bertz CT molecular complexity index is 927. The van der Waals surface area contributed by atoms with E-state index >= 15 is 0 Å². The summed E-state index contributed by atoms with van der Waals surface area (Å²) in [4.78, 5) is 12.3. The molecule has 1 aliphatic rings. The fraction of sp³-hybridized carbons (Fsp3) is 0.190. The van der Waals surface area contributed by atoms with Crippen molar-refractivity contribution in [2.75, 3.05) is 32.2 Å². The molecule has 0 bridgehead atoms. The van der Waals surface area contributed by atoms with Gasteiger partial charge < -0.3 is 19.5 Å². The maximum Gasteiger partial charge on any atom is 0.248 e. The summed E-state index contributed by atoms with van der Waals surface area (Å²) in [6.45, 7) is 1.00. The van der Waals surface area contributed by atoms with Crippen molar-refractivity contribution in [3.05, 3.63) is 70.5 Å². The number of halogens is 2. The van der Waals surface area contributed by atoms with Crippen LogP contribution >= 0.6 is 11.6 Å². The van der Waals surface area contributed by atoms with Crippen molar-refractivity contribution in [1.29, 1.82) is 0 Å². The smallest absolute Gasteiger partial charge is 0.248 e. The largest absolute Gasteiger partial charge is 0.489 e. The number of carbonyl (C=O) groups is 1. The van der Waals surface area contributed by atoms with Crippen LogP contribution in [0, 0.1) is 5.82 Å². The van der Waals surface area contributed by atoms with Gasteiger partial charge in [-0.15, -0.1) is 0 Å². The Morgan fingerprint density at radius 1 is 1.29 bits per heavy atom. The number of hydrogen-bond acceptors (Lipinski definition) is 4. The molecular weight excluding hydrogens is 385 g/mol. The third-order valence-corrected chi connectivity index (χ3v) is 4.14. The quantitative estimate of drug-likeness (QED) is 0.547. The van der Waals surface area contributed by atoms with Crippen molar-refractivity contribution in [1.82, 2.24) is 0 Å². The Morgan fingerprint density at radius 3 is 2.96 bits per heavy atom. The maximum absolute atomic E-state index is 13.5. The van der Waals surface area contributed by atoms with E-state index in [0.29, 0.717) is 24.0 Å². The number of rotatable bonds is 7. The lowest BCUT2D eigenvalue weighted by atomic mass is 10.1. The highest BCUT2D eigenvalue weighted by Crippen LogP contribution is 2.29. The standard InChI is InChI=1S/C21H19ClFNO4/c1-26-8-9-27-20-6-4-17(23)12-18(20)24-21(25)7-2-14-10-15-11-16(22)3-5-19(15)28-13-14/h2-7,10-12H,8-9,13H2,1H3,(H,24,25)/b7-2+. The molecule has 1 N–H and O–H groups in total. The molecule has 0 radical (unpaired) electrons. The van der Waals surface area contributed by atoms with Crippen molar-refractivity contribution >= 4 is 29.3 Å². The molecule has 0 saturated heterocycles. The second kappa shape index (κ2) is 9.39. The number of benzene rings is 2. The van der Waals surface area contributed by atoms with Gasteiger partial charge >= 0.3 is 0 Å². The fourth-order valence-electron chi connectivity index (χ4n) is 2.58. The first-order valence-corrected chi connectivity index (χ1v) is 8.96. The van der Waals surface area contributed by atoms with Crippen LogP contribution in [0.15, 0.2) is 54.1 Å². The molecule has 1 amide bonds. The molecule has 0 fully saturated rings. The van der Waals surface area contributed by atoms with E-state index in [2.05, 4.69) is 5.32 Å². The third-order valence-electron chi connectivity index (χ3n) is 3.90. The lowest BCUT2D eigenvalue weighted by molar-refractivity contribution is -0.111. The average molecular weight is 404 g/mol. The number of methoxy groups -OCH3 is 1. The molecule has 0 aromatic heterocycles. The first kappa shape index (κ1) is 19.9. The molecule has 1 aliphatic heterocycles. The summed E-state index contributed by atoms with van der Waals surface area (Å²) in [6, 6.07) is 9.28. The molecule has 0 aliphatic carbocycles. The van der Waals surface area contributed by atoms with Crippen LogP contribution in [0.5, 0.6) is 11.5 Å². The van der Waals surface area contributed by atoms with Crippen LogP contribution in [0.2, 0.25) is 5.02 Å². The molecule has 7 heteroatoms. The van der Waals surface area contributed by atoms with Crippen LogP contribution in [-0.2, 0) is 9.53 Å². The summed E-state index contributed by atoms with van der Waals surface area (Å²) in [5.41, 5.74) is 1.90. The normalized spacial score (nSPS) is 12.9. The van der Waals surface area contributed by atoms with E-state index in [1.165, 1.54) is 24.3 Å². The van der Waals surface area contributed by atoms with Gasteiger partial charge in [-0.1, -0.05) is 17.7 Å². The van der Waals surface area contributed by atoms with Gasteiger partial charge in [0.25, 0.3) is 0 Å². The summed E-state index contributed by atoms with van der Waals surface area (Å²) in [7, 11) is 1.55. The zero-order valence-electron chi connectivity index (χ0n) is 15.2. The second-order valence-electron chi connectivity index (χ2n) is 5.99. The highest BCUT2D eigenvalue weighted by Gasteiger charge is 2.11. The molecule has 146 valence electrons. The van der Waals surface area contributed by atoms with Gasteiger partial charge in [0.2, 0.25) is 5.91 Å². The number of nitrogens with one attached hydrogen (secondary N) is 1. The molecule has 0 spiro atoms. The van der Waals surface area contributed by atoms with Crippen LogP contribution < -0.4 is 14.8 Å². The van der Waals surface area contributed by atoms with Crippen molar-refractivity contribution in [2.45, 2.75) is 0 Å². The lowest BCUT2D eigenvalue weighted by Gasteiger charge is -2.16. The van der Waals surface area contributed by atoms with Gasteiger partial charge in [0.05, 0.1) is 12.3 Å². The zero-order valence-corrected chi connectivity index (χ0v) is 16.0. The molecule has 2 aromatic carbocycles. The Balaban J connectivity index is 1.68. The van der Waals surface area contributed by atoms with Crippen LogP contribution in [0.4, 0.5) is 10.1 Å². The van der Waals surface area contributed by atoms with Crippen LogP contribution in [0.3, 0.4) is 0 Å². The van der Waals surface area contributed by atoms with Gasteiger partial charge in [-0.2, -0.15) is 0 Å². The summed E-state index contributed by atoms with van der Waals surface area (Å²) in [5, 5.41) is 3.23. The molecular formula is C21H19ClFNO4. The highest BCUT2D eigenvalue weighted by molar-refractivity contribution is 6.30. The van der Waals surface area contributed by atoms with E-state index in [1.807, 2.05) is 6.08 Å². The minimum atomic E-state index is -0.477. The van der Waals surface area contributed by atoms with Crippen molar-refractivity contribution in [3.63, 3.8) is 0 Å². The van der Waals surface area contributed by atoms with Crippen LogP contribution in [-0.4, -0.2) is 32.8 Å². The lowest BCUT2D eigenvalue weighted by Crippen LogP contribution is -2.12. The number of hydrogen-bond donors (Lipinski definition) is 1. The van der Waals surface area contributed by atoms with E-state index in [4.69, 9.17) is 25.8 Å². The Morgan fingerprint density at radius 2 is 2.14 bits per heavy atom. The van der Waals surface area contributed by atoms with E-state index < -0.39 is 11.7 Å². The molecule has 2 aromatic rings. The SMILES string of the molecule is COCCOc1ccc(F)cc1NC(=O)/C=C/C1=Cc2cc(Cl)ccc2OC1. The van der Waals surface area contributed by atoms with Crippen molar-refractivity contribution < 1.29 is 23.4 Å². The van der Waals surface area contributed by atoms with Crippen molar-refractivity contribution in [3.8, 4) is 11.5 Å². The Kier molecular flexibility index (Phi) is 6.68. The van der Waals surface area contributed by atoms with Crippen LogP contribution in [0.25, 0.3) is 6.08 Å². The van der Waals surface area contributed by atoms with Gasteiger partial charge in [-0.3, -0.25) is 4.79 Å². The minimum Gasteiger partial charge on any atom is -0.489 e. The van der Waals surface area contributed by atoms with E-state index in [1.54, 1.807) is 31.4 Å². The molecule has 0 saturated carbocycles. The second-order valence-corrected chi connectivity index (χ2v) is 6.43. The Labute approximate surface area is 167 Å². The molecule has 5 nitrogen and oxygen atoms in total. The maximum atomic E-state index is 13.5. The zero-order chi connectivity index (χ0) is 19.9. The predicted octanol–water partition coefficient (Wildman–Crippen LogP) is 4.48. The van der Waals surface area contributed by atoms with Gasteiger partial charge in [0.15, 0.2) is 0 Å². The van der Waals surface area contributed by atoms with Crippen LogP contribution in [0.1, 0.15) is 5.56 Å². The summed E-state index contributed by atoms with van der Waals surface area (Å²) >= 11 is 6.00. The first-order chi connectivity index (χ1) is 13.5. The fourth-order valence-corrected chi connectivity index (χ4v) is 2.76. The number of ether oxygens (including phenoxy) is 3. The molecule has 3 rings (SSSR count). The van der Waals surface area contributed by atoms with E-state index in [-0.39, 0.29) is 12.3 Å². The highest BCUT2D eigenvalue weighted by atomic mass is 35.5. The van der Waals surface area contributed by atoms with Crippen molar-refractivity contribution in [2.24, 2.45) is 0 Å². The summed E-state index contributed by atoms with van der Waals surface area (Å²) in [5.74, 6) is 0.211. The number of carbonyl (C=O) groups excluding carboxylic acids is 1. The monoisotopic (exact) mass is 403 g/mol. The number of amides is 1. The third kappa shape index (κ3) is 5.34. The summed E-state index contributed by atoms with van der Waals surface area (Å²) < 4.78 is 29.6. The van der Waals surface area contributed by atoms with E-state index in [0.717, 1.165) is 16.9 Å². The van der Waals surface area contributed by atoms with Gasteiger partial charge in [0, 0.05) is 29.8 Å². The predicted molar refractivity (Wildman–Crippen MR) is 106 cm³/mol. The average Bonchev–Trinajstić information content (AvgIpc) is 2.68. The first-order valence-electron chi connectivity index (χ1n) is 8.58. The van der Waals surface area contributed by atoms with Gasteiger partial charge in [0.1, 0.15) is 30.5 Å². The Hall–Kier alpha value is -2.83.